The molecule has 2 nitrogen and oxygen atoms in total. The van der Waals surface area contributed by atoms with Crippen LogP contribution in [-0.4, -0.2) is 12.6 Å². The van der Waals surface area contributed by atoms with Gasteiger partial charge < -0.3 is 10.5 Å². The van der Waals surface area contributed by atoms with E-state index < -0.39 is 0 Å². The molecule has 0 saturated heterocycles. The zero-order chi connectivity index (χ0) is 13.7. The number of benzene rings is 1. The molecule has 0 spiro atoms. The van der Waals surface area contributed by atoms with Gasteiger partial charge in [0.2, 0.25) is 0 Å². The van der Waals surface area contributed by atoms with E-state index in [9.17, 15) is 0 Å². The van der Waals surface area contributed by atoms with Crippen molar-refractivity contribution >= 4 is 0 Å². The normalized spacial score (nSPS) is 18.5. The Morgan fingerprint density at radius 3 is 2.53 bits per heavy atom. The Labute approximate surface area is 117 Å². The van der Waals surface area contributed by atoms with Gasteiger partial charge in [-0.2, -0.15) is 0 Å². The van der Waals surface area contributed by atoms with Gasteiger partial charge in [0.05, 0.1) is 0 Å². The molecule has 1 unspecified atom stereocenters. The zero-order valence-corrected chi connectivity index (χ0v) is 12.3. The molecule has 1 aromatic carbocycles. The molecule has 1 aliphatic carbocycles. The van der Waals surface area contributed by atoms with Crippen LogP contribution in [-0.2, 0) is 0 Å². The highest BCUT2D eigenvalue weighted by molar-refractivity contribution is 5.35. The highest BCUT2D eigenvalue weighted by atomic mass is 16.5. The standard InChI is InChI=1S/C17H27NO/c1-13(2)15-10-6-7-11-17(15)19-12-16(18)14-8-4-3-5-9-14/h6-7,10-11,13-14,16H,3-5,8-9,12,18H2,1-2H3. The summed E-state index contributed by atoms with van der Waals surface area (Å²) in [5.74, 6) is 2.14. The molecule has 19 heavy (non-hydrogen) atoms. The van der Waals surface area contributed by atoms with Crippen molar-refractivity contribution in [1.82, 2.24) is 0 Å². The Bertz CT molecular complexity index is 383. The summed E-state index contributed by atoms with van der Waals surface area (Å²) < 4.78 is 5.99. The third-order valence-corrected chi connectivity index (χ3v) is 4.23. The highest BCUT2D eigenvalue weighted by Gasteiger charge is 2.21. The lowest BCUT2D eigenvalue weighted by Crippen LogP contribution is -2.37. The van der Waals surface area contributed by atoms with Crippen molar-refractivity contribution in [2.45, 2.75) is 57.9 Å². The largest absolute Gasteiger partial charge is 0.492 e. The Morgan fingerprint density at radius 1 is 1.16 bits per heavy atom. The molecule has 0 amide bonds. The van der Waals surface area contributed by atoms with Crippen molar-refractivity contribution in [2.24, 2.45) is 11.7 Å². The van der Waals surface area contributed by atoms with Gasteiger partial charge in [0.25, 0.3) is 0 Å². The molecule has 1 aliphatic rings. The molecule has 0 aromatic heterocycles. The van der Waals surface area contributed by atoms with Gasteiger partial charge in [-0.1, -0.05) is 51.3 Å². The van der Waals surface area contributed by atoms with Gasteiger partial charge >= 0.3 is 0 Å². The van der Waals surface area contributed by atoms with Crippen LogP contribution in [0, 0.1) is 5.92 Å². The second-order valence-corrected chi connectivity index (χ2v) is 6.07. The van der Waals surface area contributed by atoms with Crippen molar-refractivity contribution in [3.63, 3.8) is 0 Å². The number of para-hydroxylation sites is 1. The zero-order valence-electron chi connectivity index (χ0n) is 12.3. The van der Waals surface area contributed by atoms with Crippen LogP contribution in [0.4, 0.5) is 0 Å². The molecule has 1 fully saturated rings. The number of rotatable bonds is 5. The first-order valence-electron chi connectivity index (χ1n) is 7.65. The summed E-state index contributed by atoms with van der Waals surface area (Å²) in [6, 6.07) is 8.49. The predicted molar refractivity (Wildman–Crippen MR) is 80.6 cm³/mol. The summed E-state index contributed by atoms with van der Waals surface area (Å²) in [7, 11) is 0. The molecule has 2 heteroatoms. The van der Waals surface area contributed by atoms with Crippen molar-refractivity contribution in [3.8, 4) is 5.75 Å². The monoisotopic (exact) mass is 261 g/mol. The van der Waals surface area contributed by atoms with E-state index in [-0.39, 0.29) is 6.04 Å². The van der Waals surface area contributed by atoms with Crippen molar-refractivity contribution in [1.29, 1.82) is 0 Å². The molecule has 2 rings (SSSR count). The van der Waals surface area contributed by atoms with Crippen LogP contribution < -0.4 is 10.5 Å². The lowest BCUT2D eigenvalue weighted by molar-refractivity contribution is 0.212. The highest BCUT2D eigenvalue weighted by Crippen LogP contribution is 2.28. The number of hydrogen-bond acceptors (Lipinski definition) is 2. The molecule has 0 radical (unpaired) electrons. The van der Waals surface area contributed by atoms with E-state index in [1.165, 1.54) is 37.7 Å². The summed E-state index contributed by atoms with van der Waals surface area (Å²) in [6.07, 6.45) is 6.59. The fourth-order valence-electron chi connectivity index (χ4n) is 2.97. The topological polar surface area (TPSA) is 35.2 Å². The van der Waals surface area contributed by atoms with Gasteiger partial charge in [0.1, 0.15) is 12.4 Å². The maximum atomic E-state index is 6.30. The van der Waals surface area contributed by atoms with Gasteiger partial charge in [-0.15, -0.1) is 0 Å². The SMILES string of the molecule is CC(C)c1ccccc1OCC(N)C1CCCCC1. The van der Waals surface area contributed by atoms with Gasteiger partial charge in [0, 0.05) is 6.04 Å². The summed E-state index contributed by atoms with van der Waals surface area (Å²) in [5.41, 5.74) is 7.57. The molecular weight excluding hydrogens is 234 g/mol. The molecule has 0 bridgehead atoms. The average Bonchev–Trinajstić information content (AvgIpc) is 2.46. The maximum Gasteiger partial charge on any atom is 0.122 e. The molecule has 1 atom stereocenters. The summed E-state index contributed by atoms with van der Waals surface area (Å²) in [6.45, 7) is 5.04. The molecular formula is C17H27NO. The van der Waals surface area contributed by atoms with Crippen molar-refractivity contribution < 1.29 is 4.74 Å². The van der Waals surface area contributed by atoms with E-state index >= 15 is 0 Å². The van der Waals surface area contributed by atoms with Crippen LogP contribution in [0.25, 0.3) is 0 Å². The van der Waals surface area contributed by atoms with Gasteiger partial charge in [-0.05, 0) is 36.3 Å². The number of hydrogen-bond donors (Lipinski definition) is 1. The van der Waals surface area contributed by atoms with Crippen molar-refractivity contribution in [3.05, 3.63) is 29.8 Å². The van der Waals surface area contributed by atoms with E-state index in [0.29, 0.717) is 18.4 Å². The molecule has 1 saturated carbocycles. The minimum Gasteiger partial charge on any atom is -0.492 e. The quantitative estimate of drug-likeness (QED) is 0.866. The second-order valence-electron chi connectivity index (χ2n) is 6.07. The lowest BCUT2D eigenvalue weighted by Gasteiger charge is -2.27. The number of nitrogens with two attached hydrogens (primary N) is 1. The molecule has 1 aromatic rings. The van der Waals surface area contributed by atoms with E-state index in [2.05, 4.69) is 32.0 Å². The maximum absolute atomic E-state index is 6.30. The second kappa shape index (κ2) is 6.95. The van der Waals surface area contributed by atoms with Crippen LogP contribution in [0.2, 0.25) is 0 Å². The first-order chi connectivity index (χ1) is 9.18. The molecule has 106 valence electrons. The smallest absolute Gasteiger partial charge is 0.122 e. The van der Waals surface area contributed by atoms with Crippen LogP contribution >= 0.6 is 0 Å². The fraction of sp³-hybridized carbons (Fsp3) is 0.647. The third-order valence-electron chi connectivity index (χ3n) is 4.23. The van der Waals surface area contributed by atoms with E-state index in [0.717, 1.165) is 5.75 Å². The first-order valence-corrected chi connectivity index (χ1v) is 7.65. The Morgan fingerprint density at radius 2 is 1.84 bits per heavy atom. The van der Waals surface area contributed by atoms with E-state index in [1.54, 1.807) is 0 Å². The summed E-state index contributed by atoms with van der Waals surface area (Å²) >= 11 is 0. The summed E-state index contributed by atoms with van der Waals surface area (Å²) in [5, 5.41) is 0. The minimum absolute atomic E-state index is 0.181. The van der Waals surface area contributed by atoms with Crippen LogP contribution in [0.5, 0.6) is 5.75 Å². The van der Waals surface area contributed by atoms with E-state index in [4.69, 9.17) is 10.5 Å². The third kappa shape index (κ3) is 3.97. The first kappa shape index (κ1) is 14.4. The minimum atomic E-state index is 0.181. The van der Waals surface area contributed by atoms with Crippen LogP contribution in [0.3, 0.4) is 0 Å². The van der Waals surface area contributed by atoms with Gasteiger partial charge in [-0.25, -0.2) is 0 Å². The summed E-state index contributed by atoms with van der Waals surface area (Å²) in [4.78, 5) is 0. The van der Waals surface area contributed by atoms with Crippen LogP contribution in [0.15, 0.2) is 24.3 Å². The fourth-order valence-corrected chi connectivity index (χ4v) is 2.97. The van der Waals surface area contributed by atoms with Crippen LogP contribution in [0.1, 0.15) is 57.4 Å². The Hall–Kier alpha value is -1.02. The van der Waals surface area contributed by atoms with Crippen molar-refractivity contribution in [2.75, 3.05) is 6.61 Å². The average molecular weight is 261 g/mol. The van der Waals surface area contributed by atoms with Gasteiger partial charge in [0.15, 0.2) is 0 Å². The Balaban J connectivity index is 1.91. The molecule has 2 N–H and O–H groups in total. The molecule has 0 heterocycles. The lowest BCUT2D eigenvalue weighted by atomic mass is 9.84. The van der Waals surface area contributed by atoms with Gasteiger partial charge in [-0.3, -0.25) is 0 Å². The predicted octanol–water partition coefficient (Wildman–Crippen LogP) is 4.10. The van der Waals surface area contributed by atoms with E-state index in [1.807, 2.05) is 6.07 Å². The number of ether oxygens (including phenoxy) is 1. The molecule has 0 aliphatic heterocycles. The Kier molecular flexibility index (Phi) is 5.26.